The minimum Gasteiger partial charge on any atom is -0.481 e. The molecule has 3 N–H and O–H groups in total. The lowest BCUT2D eigenvalue weighted by Gasteiger charge is -2.48. The third kappa shape index (κ3) is 8.48. The lowest BCUT2D eigenvalue weighted by atomic mass is 9.94. The first-order valence-corrected chi connectivity index (χ1v) is 16.0. The predicted molar refractivity (Wildman–Crippen MR) is 170 cm³/mol. The maximum Gasteiger partial charge on any atom is 0.305 e. The molecule has 1 aromatic carbocycles. The Morgan fingerprint density at radius 3 is 2.70 bits per heavy atom. The van der Waals surface area contributed by atoms with Gasteiger partial charge in [0, 0.05) is 37.6 Å². The van der Waals surface area contributed by atoms with Gasteiger partial charge < -0.3 is 30.3 Å². The van der Waals surface area contributed by atoms with E-state index in [-0.39, 0.29) is 29.4 Å². The first kappa shape index (κ1) is 31.3. The number of morpholine rings is 1. The van der Waals surface area contributed by atoms with E-state index in [1.54, 1.807) is 0 Å². The van der Waals surface area contributed by atoms with Gasteiger partial charge in [0.2, 0.25) is 5.91 Å². The average Bonchev–Trinajstić information content (AvgIpc) is 2.95. The Balaban J connectivity index is 1.19. The highest BCUT2D eigenvalue weighted by molar-refractivity contribution is 5.80. The molecule has 2 fully saturated rings. The number of aryl methyl sites for hydroxylation is 2. The molecule has 2 aromatic rings. The Hall–Kier alpha value is -3.17. The van der Waals surface area contributed by atoms with Crippen molar-refractivity contribution < 1.29 is 19.4 Å². The van der Waals surface area contributed by atoms with Gasteiger partial charge in [0.15, 0.2) is 0 Å². The number of amides is 1. The fourth-order valence-electron chi connectivity index (χ4n) is 7.09. The highest BCUT2D eigenvalue weighted by atomic mass is 16.5. The number of aliphatic carboxylic acids is 1. The molecule has 4 heterocycles. The smallest absolute Gasteiger partial charge is 0.305 e. The number of nitrogens with one attached hydrogen (secondary N) is 2. The third-order valence-electron chi connectivity index (χ3n) is 8.76. The van der Waals surface area contributed by atoms with E-state index in [0.717, 1.165) is 94.0 Å². The normalized spacial score (nSPS) is 22.2. The van der Waals surface area contributed by atoms with E-state index < -0.39 is 12.0 Å². The van der Waals surface area contributed by atoms with Crippen LogP contribution in [0.3, 0.4) is 0 Å². The number of rotatable bonds is 10. The number of piperidine rings is 1. The van der Waals surface area contributed by atoms with Crippen LogP contribution < -0.4 is 15.5 Å². The van der Waals surface area contributed by atoms with Gasteiger partial charge in [-0.2, -0.15) is 0 Å². The molecule has 1 unspecified atom stereocenters. The van der Waals surface area contributed by atoms with Crippen molar-refractivity contribution in [3.05, 3.63) is 53.2 Å². The fraction of sp³-hybridized carbons (Fsp3) is 0.618. The second-order valence-corrected chi connectivity index (χ2v) is 13.8. The number of ether oxygens (including phenoxy) is 1. The Kier molecular flexibility index (Phi) is 9.61. The number of hydrogen-bond acceptors (Lipinski definition) is 7. The molecule has 0 bridgehead atoms. The minimum atomic E-state index is -0.930. The van der Waals surface area contributed by atoms with Gasteiger partial charge in [0.25, 0.3) is 0 Å². The lowest BCUT2D eigenvalue weighted by Crippen LogP contribution is -2.57. The fourth-order valence-corrected chi connectivity index (χ4v) is 7.09. The zero-order valence-corrected chi connectivity index (χ0v) is 26.3. The number of hydrogen-bond donors (Lipinski definition) is 3. The first-order chi connectivity index (χ1) is 20.5. The number of anilines is 2. The summed E-state index contributed by atoms with van der Waals surface area (Å²) in [5.74, 6) is -0.101. The zero-order chi connectivity index (χ0) is 30.6. The number of fused-ring (bicyclic) bond motifs is 1. The molecule has 1 amide bonds. The number of carbonyl (C=O) groups excluding carboxylic acids is 1. The van der Waals surface area contributed by atoms with Crippen LogP contribution in [0, 0.1) is 5.92 Å². The maximum absolute atomic E-state index is 13.5. The van der Waals surface area contributed by atoms with Gasteiger partial charge in [-0.3, -0.25) is 9.59 Å². The second-order valence-electron chi connectivity index (χ2n) is 13.8. The molecule has 234 valence electrons. The third-order valence-corrected chi connectivity index (χ3v) is 8.76. The van der Waals surface area contributed by atoms with Crippen molar-refractivity contribution in [2.24, 2.45) is 5.92 Å². The number of aromatic nitrogens is 1. The van der Waals surface area contributed by atoms with Crippen molar-refractivity contribution in [1.82, 2.24) is 15.2 Å². The molecule has 0 saturated carbocycles. The largest absolute Gasteiger partial charge is 0.481 e. The van der Waals surface area contributed by atoms with Crippen LogP contribution in [0.4, 0.5) is 11.5 Å². The van der Waals surface area contributed by atoms with Crippen LogP contribution in [0.1, 0.15) is 82.7 Å². The molecule has 43 heavy (non-hydrogen) atoms. The van der Waals surface area contributed by atoms with Gasteiger partial charge >= 0.3 is 5.97 Å². The number of carboxylic acids is 1. The second kappa shape index (κ2) is 13.2. The summed E-state index contributed by atoms with van der Waals surface area (Å²) in [5.41, 5.74) is 3.63. The Morgan fingerprint density at radius 2 is 1.93 bits per heavy atom. The van der Waals surface area contributed by atoms with Gasteiger partial charge in [0.05, 0.1) is 29.6 Å². The van der Waals surface area contributed by atoms with Crippen LogP contribution in [-0.2, 0) is 27.2 Å². The summed E-state index contributed by atoms with van der Waals surface area (Å²) in [5, 5.41) is 16.3. The molecule has 0 aliphatic carbocycles. The van der Waals surface area contributed by atoms with Crippen LogP contribution in [0.2, 0.25) is 0 Å². The summed E-state index contributed by atoms with van der Waals surface area (Å²) in [7, 11) is 0. The number of carboxylic acid groups (broad SMARTS) is 1. The summed E-state index contributed by atoms with van der Waals surface area (Å²) in [6.45, 7) is 13.4. The highest BCUT2D eigenvalue weighted by Gasteiger charge is 2.38. The van der Waals surface area contributed by atoms with E-state index in [1.807, 2.05) is 18.2 Å². The molecule has 2 saturated heterocycles. The molecule has 9 nitrogen and oxygen atoms in total. The van der Waals surface area contributed by atoms with Crippen LogP contribution in [0.5, 0.6) is 0 Å². The molecule has 5 rings (SSSR count). The Bertz CT molecular complexity index is 1280. The molecule has 9 heteroatoms. The van der Waals surface area contributed by atoms with E-state index in [0.29, 0.717) is 6.54 Å². The SMILES string of the molecule is CC1(C)CN(c2cccc(C(CC(=O)O)NC(=O)[C@@H]3CCCN(CCCc4ccc5c(n4)NCCC5)C3)c2)CC(C)(C)O1. The maximum atomic E-state index is 13.5. The number of nitrogens with zero attached hydrogens (tertiary/aromatic N) is 3. The molecule has 0 spiro atoms. The first-order valence-electron chi connectivity index (χ1n) is 16.0. The topological polar surface area (TPSA) is 107 Å². The van der Waals surface area contributed by atoms with Crippen LogP contribution in [0.25, 0.3) is 0 Å². The van der Waals surface area contributed by atoms with Crippen molar-refractivity contribution in [3.63, 3.8) is 0 Å². The highest BCUT2D eigenvalue weighted by Crippen LogP contribution is 2.33. The summed E-state index contributed by atoms with van der Waals surface area (Å²) in [6, 6.07) is 11.7. The van der Waals surface area contributed by atoms with E-state index in [9.17, 15) is 14.7 Å². The van der Waals surface area contributed by atoms with E-state index in [4.69, 9.17) is 9.72 Å². The molecular weight excluding hydrogens is 542 g/mol. The Labute approximate surface area is 256 Å². The molecule has 0 radical (unpaired) electrons. The van der Waals surface area contributed by atoms with Crippen molar-refractivity contribution in [1.29, 1.82) is 0 Å². The van der Waals surface area contributed by atoms with E-state index in [1.165, 1.54) is 5.56 Å². The summed E-state index contributed by atoms with van der Waals surface area (Å²) < 4.78 is 6.25. The molecule has 1 aromatic heterocycles. The van der Waals surface area contributed by atoms with E-state index >= 15 is 0 Å². The van der Waals surface area contributed by atoms with Gasteiger partial charge in [-0.05, 0) is 109 Å². The Morgan fingerprint density at radius 1 is 1.14 bits per heavy atom. The van der Waals surface area contributed by atoms with Crippen molar-refractivity contribution in [2.75, 3.05) is 49.5 Å². The standard InChI is InChI=1S/C34H49N5O4/c1-33(2)22-39(23-34(3,4)43-33)28-13-5-9-25(19-28)29(20-30(40)41)37-32(42)26-11-7-17-38(21-26)18-8-12-27-15-14-24-10-6-16-35-31(24)36-27/h5,9,13-15,19,26,29H,6-8,10-12,16-18,20-23H2,1-4H3,(H,35,36)(H,37,42)(H,40,41)/t26-,29?/m1/s1. The molecular formula is C34H49N5O4. The average molecular weight is 592 g/mol. The van der Waals surface area contributed by atoms with E-state index in [2.05, 4.69) is 66.3 Å². The molecule has 3 aliphatic heterocycles. The minimum absolute atomic E-state index is 0.0579. The summed E-state index contributed by atoms with van der Waals surface area (Å²) >= 11 is 0. The monoisotopic (exact) mass is 591 g/mol. The van der Waals surface area contributed by atoms with Crippen molar-refractivity contribution >= 4 is 23.4 Å². The zero-order valence-electron chi connectivity index (χ0n) is 26.3. The summed E-state index contributed by atoms with van der Waals surface area (Å²) in [6.07, 6.45) is 5.77. The number of benzene rings is 1. The number of likely N-dealkylation sites (tertiary alicyclic amines) is 1. The lowest BCUT2D eigenvalue weighted by molar-refractivity contribution is -0.138. The molecule has 3 aliphatic rings. The van der Waals surface area contributed by atoms with Crippen LogP contribution in [-0.4, -0.2) is 77.3 Å². The summed E-state index contributed by atoms with van der Waals surface area (Å²) in [4.78, 5) is 34.9. The van der Waals surface area contributed by atoms with Gasteiger partial charge in [-0.15, -0.1) is 0 Å². The molecule has 2 atom stereocenters. The van der Waals surface area contributed by atoms with Gasteiger partial charge in [-0.25, -0.2) is 4.98 Å². The van der Waals surface area contributed by atoms with Gasteiger partial charge in [-0.1, -0.05) is 18.2 Å². The van der Waals surface area contributed by atoms with Crippen LogP contribution in [0.15, 0.2) is 36.4 Å². The quantitative estimate of drug-likeness (QED) is 0.362. The van der Waals surface area contributed by atoms with Crippen molar-refractivity contribution in [3.8, 4) is 0 Å². The van der Waals surface area contributed by atoms with Crippen LogP contribution >= 0.6 is 0 Å². The number of carbonyl (C=O) groups is 2. The van der Waals surface area contributed by atoms with Crippen molar-refractivity contribution in [2.45, 2.75) is 89.9 Å². The number of pyridine rings is 1. The predicted octanol–water partition coefficient (Wildman–Crippen LogP) is 4.81. The van der Waals surface area contributed by atoms with Gasteiger partial charge in [0.1, 0.15) is 5.82 Å².